The van der Waals surface area contributed by atoms with Crippen LogP contribution in [0, 0.1) is 5.92 Å². The van der Waals surface area contributed by atoms with E-state index < -0.39 is 23.5 Å². The summed E-state index contributed by atoms with van der Waals surface area (Å²) in [6, 6.07) is -1.83. The van der Waals surface area contributed by atoms with E-state index in [9.17, 15) is 19.8 Å². The van der Waals surface area contributed by atoms with Gasteiger partial charge in [-0.1, -0.05) is 6.92 Å². The fourth-order valence-electron chi connectivity index (χ4n) is 5.74. The molecule has 0 radical (unpaired) electrons. The van der Waals surface area contributed by atoms with Crippen molar-refractivity contribution in [3.63, 3.8) is 0 Å². The molecule has 0 aromatic rings. The van der Waals surface area contributed by atoms with Gasteiger partial charge in [-0.2, -0.15) is 0 Å². The number of guanidine groups is 2. The molecular formula is C18H28N8O4. The molecule has 0 aromatic carbocycles. The van der Waals surface area contributed by atoms with Gasteiger partial charge in [0.15, 0.2) is 17.6 Å². The van der Waals surface area contributed by atoms with Crippen LogP contribution in [0.4, 0.5) is 4.79 Å². The molecule has 3 fully saturated rings. The highest BCUT2D eigenvalue weighted by Crippen LogP contribution is 2.44. The van der Waals surface area contributed by atoms with Crippen molar-refractivity contribution in [2.24, 2.45) is 27.4 Å². The van der Waals surface area contributed by atoms with Crippen LogP contribution in [0.2, 0.25) is 0 Å². The third-order valence-electron chi connectivity index (χ3n) is 7.24. The van der Waals surface area contributed by atoms with Gasteiger partial charge in [0.05, 0.1) is 12.6 Å². The van der Waals surface area contributed by atoms with Crippen LogP contribution in [0.5, 0.6) is 0 Å². The highest BCUT2D eigenvalue weighted by atomic mass is 16.5. The zero-order chi connectivity index (χ0) is 21.4. The standard InChI is InChI=1S/C18H28N8O4/c1-9-2-3-10(6-9)24-8-12(27)25(16(24)28)7-11-13-18(23-14(19)22-13)17(29,30)4-5-26(18)15(20)21-11/h9-11,13,29-30H,2-8H2,1H3,(H2,20,21)(H3,19,22,23)/t9?,10?,11-,13-,18-/m0/s1. The number of nitrogens with zero attached hydrogens (tertiary/aromatic N) is 5. The van der Waals surface area contributed by atoms with Crippen LogP contribution in [-0.4, -0.2) is 98.0 Å². The Kier molecular flexibility index (Phi) is 4.00. The first kappa shape index (κ1) is 19.4. The van der Waals surface area contributed by atoms with Gasteiger partial charge in [0.1, 0.15) is 12.6 Å². The highest BCUT2D eigenvalue weighted by Gasteiger charge is 2.69. The van der Waals surface area contributed by atoms with Gasteiger partial charge in [-0.15, -0.1) is 0 Å². The number of carbonyl (C=O) groups excluding carboxylic acids is 2. The van der Waals surface area contributed by atoms with Crippen LogP contribution < -0.4 is 16.8 Å². The fourth-order valence-corrected chi connectivity index (χ4v) is 5.74. The molecule has 7 N–H and O–H groups in total. The molecule has 12 heteroatoms. The predicted molar refractivity (Wildman–Crippen MR) is 106 cm³/mol. The summed E-state index contributed by atoms with van der Waals surface area (Å²) in [4.78, 5) is 38.9. The molecule has 4 heterocycles. The van der Waals surface area contributed by atoms with Gasteiger partial charge in [-0.05, 0) is 25.2 Å². The maximum absolute atomic E-state index is 13.0. The number of imide groups is 1. The number of aliphatic imine (C=N–C) groups is 2. The zero-order valence-corrected chi connectivity index (χ0v) is 16.9. The van der Waals surface area contributed by atoms with Crippen molar-refractivity contribution >= 4 is 23.9 Å². The summed E-state index contributed by atoms with van der Waals surface area (Å²) < 4.78 is 0. The third kappa shape index (κ3) is 2.46. The van der Waals surface area contributed by atoms with Crippen LogP contribution in [0.3, 0.4) is 0 Å². The molecule has 5 aliphatic rings. The molecule has 164 valence electrons. The number of hydrogen-bond acceptors (Lipinski definition) is 10. The van der Waals surface area contributed by atoms with Crippen LogP contribution in [-0.2, 0) is 4.79 Å². The minimum Gasteiger partial charge on any atom is -0.370 e. The summed E-state index contributed by atoms with van der Waals surface area (Å²) in [7, 11) is 0. The van der Waals surface area contributed by atoms with Crippen molar-refractivity contribution in [1.82, 2.24) is 20.0 Å². The second kappa shape index (κ2) is 6.20. The number of aliphatic hydroxyl groups is 2. The minimum absolute atomic E-state index is 0.0253. The monoisotopic (exact) mass is 420 g/mol. The number of hydrogen-bond donors (Lipinski definition) is 5. The average Bonchev–Trinajstić information content (AvgIpc) is 3.38. The molecule has 2 unspecified atom stereocenters. The van der Waals surface area contributed by atoms with E-state index in [1.807, 2.05) is 0 Å². The Balaban J connectivity index is 1.42. The van der Waals surface area contributed by atoms with E-state index >= 15 is 0 Å². The second-order valence-corrected chi connectivity index (χ2v) is 9.11. The van der Waals surface area contributed by atoms with E-state index in [-0.39, 0.29) is 56.0 Å². The lowest BCUT2D eigenvalue weighted by atomic mass is 9.86. The lowest BCUT2D eigenvalue weighted by Gasteiger charge is -2.49. The first-order chi connectivity index (χ1) is 14.1. The van der Waals surface area contributed by atoms with E-state index in [0.29, 0.717) is 5.92 Å². The minimum atomic E-state index is -2.16. The average molecular weight is 420 g/mol. The molecule has 1 aliphatic carbocycles. The fraction of sp³-hybridized carbons (Fsp3) is 0.778. The Hall–Kier alpha value is -2.60. The predicted octanol–water partition coefficient (Wildman–Crippen LogP) is -2.49. The Morgan fingerprint density at radius 1 is 1.23 bits per heavy atom. The molecule has 2 saturated heterocycles. The first-order valence-corrected chi connectivity index (χ1v) is 10.4. The molecule has 5 atom stereocenters. The zero-order valence-electron chi connectivity index (χ0n) is 16.9. The third-order valence-corrected chi connectivity index (χ3v) is 7.24. The number of urea groups is 1. The molecule has 3 amide bonds. The van der Waals surface area contributed by atoms with Crippen LogP contribution >= 0.6 is 0 Å². The van der Waals surface area contributed by atoms with E-state index in [1.54, 1.807) is 9.80 Å². The van der Waals surface area contributed by atoms with Gasteiger partial charge in [0.25, 0.3) is 0 Å². The van der Waals surface area contributed by atoms with Gasteiger partial charge in [-0.3, -0.25) is 9.69 Å². The Morgan fingerprint density at radius 3 is 2.70 bits per heavy atom. The van der Waals surface area contributed by atoms with Crippen molar-refractivity contribution in [2.45, 2.75) is 62.2 Å². The van der Waals surface area contributed by atoms with Crippen LogP contribution in [0.15, 0.2) is 9.98 Å². The van der Waals surface area contributed by atoms with Gasteiger partial charge in [0, 0.05) is 19.0 Å². The van der Waals surface area contributed by atoms with Gasteiger partial charge >= 0.3 is 6.03 Å². The summed E-state index contributed by atoms with van der Waals surface area (Å²) in [5.74, 6) is -1.79. The van der Waals surface area contributed by atoms with E-state index in [0.717, 1.165) is 19.3 Å². The number of amides is 3. The van der Waals surface area contributed by atoms with Crippen LogP contribution in [0.1, 0.15) is 32.6 Å². The molecule has 1 saturated carbocycles. The molecule has 4 aliphatic heterocycles. The smallest absolute Gasteiger partial charge is 0.327 e. The van der Waals surface area contributed by atoms with Gasteiger partial charge in [0.2, 0.25) is 11.7 Å². The lowest BCUT2D eigenvalue weighted by molar-refractivity contribution is -0.221. The largest absolute Gasteiger partial charge is 0.370 e. The van der Waals surface area contributed by atoms with E-state index in [4.69, 9.17) is 11.5 Å². The summed E-state index contributed by atoms with van der Waals surface area (Å²) >= 11 is 0. The van der Waals surface area contributed by atoms with E-state index in [1.165, 1.54) is 4.90 Å². The van der Waals surface area contributed by atoms with Crippen molar-refractivity contribution in [3.8, 4) is 0 Å². The number of nitrogens with one attached hydrogen (secondary N) is 1. The maximum atomic E-state index is 13.0. The van der Waals surface area contributed by atoms with Crippen molar-refractivity contribution < 1.29 is 19.8 Å². The van der Waals surface area contributed by atoms with Crippen molar-refractivity contribution in [3.05, 3.63) is 0 Å². The Morgan fingerprint density at radius 2 is 2.00 bits per heavy atom. The van der Waals surface area contributed by atoms with Crippen molar-refractivity contribution in [1.29, 1.82) is 0 Å². The van der Waals surface area contributed by atoms with Crippen LogP contribution in [0.25, 0.3) is 0 Å². The second-order valence-electron chi connectivity index (χ2n) is 9.11. The summed E-state index contributed by atoms with van der Waals surface area (Å²) in [5, 5.41) is 24.4. The van der Waals surface area contributed by atoms with Gasteiger partial charge < -0.3 is 36.8 Å². The molecule has 1 spiro atoms. The Bertz CT molecular complexity index is 859. The molecule has 0 aromatic heterocycles. The normalized spacial score (nSPS) is 39.8. The Labute approximate surface area is 173 Å². The van der Waals surface area contributed by atoms with E-state index in [2.05, 4.69) is 22.2 Å². The first-order valence-electron chi connectivity index (χ1n) is 10.4. The topological polar surface area (TPSA) is 173 Å². The summed E-state index contributed by atoms with van der Waals surface area (Å²) in [6.45, 7) is 2.41. The number of carbonyl (C=O) groups is 2. The quantitative estimate of drug-likeness (QED) is 0.246. The van der Waals surface area contributed by atoms with Crippen molar-refractivity contribution in [2.75, 3.05) is 19.6 Å². The molecule has 12 nitrogen and oxygen atoms in total. The molecule has 5 rings (SSSR count). The summed E-state index contributed by atoms with van der Waals surface area (Å²) in [6.07, 6.45) is 2.86. The molecule has 30 heavy (non-hydrogen) atoms. The summed E-state index contributed by atoms with van der Waals surface area (Å²) in [5.41, 5.74) is 10.6. The number of nitrogens with two attached hydrogens (primary N) is 2. The highest BCUT2D eigenvalue weighted by molar-refractivity contribution is 6.02. The number of rotatable bonds is 3. The maximum Gasteiger partial charge on any atom is 0.327 e. The lowest BCUT2D eigenvalue weighted by Crippen LogP contribution is -2.76. The van der Waals surface area contributed by atoms with Gasteiger partial charge in [-0.25, -0.2) is 14.8 Å². The molecular weight excluding hydrogens is 392 g/mol. The SMILES string of the molecule is CC1CCC(N2CC(=O)N(C[C@@H]3N=C(N)N4CCC(O)(O)[C@@]45NC(N)=N[C@@H]35)C2=O)C1. The molecule has 0 bridgehead atoms.